The van der Waals surface area contributed by atoms with Crippen LogP contribution in [0.15, 0.2) is 41.3 Å². The molecule has 2 aliphatic rings. The Balaban J connectivity index is 1.44. The van der Waals surface area contributed by atoms with Crippen molar-refractivity contribution >= 4 is 45.0 Å². The van der Waals surface area contributed by atoms with E-state index in [1.165, 1.54) is 34.6 Å². The third-order valence-corrected chi connectivity index (χ3v) is 7.79. The molecule has 0 aliphatic carbocycles. The lowest BCUT2D eigenvalue weighted by molar-refractivity contribution is 0.0500. The Hall–Kier alpha value is -2.04. The molecule has 158 valence electrons. The van der Waals surface area contributed by atoms with E-state index in [1.807, 2.05) is 0 Å². The predicted molar refractivity (Wildman–Crippen MR) is 109 cm³/mol. The van der Waals surface area contributed by atoms with Crippen molar-refractivity contribution in [3.05, 3.63) is 63.4 Å². The number of fused-ring (bicyclic) bond motifs is 1. The van der Waals surface area contributed by atoms with Gasteiger partial charge in [0.25, 0.3) is 11.8 Å². The van der Waals surface area contributed by atoms with Crippen molar-refractivity contribution in [3.8, 4) is 0 Å². The van der Waals surface area contributed by atoms with Crippen LogP contribution in [0.2, 0.25) is 10.0 Å². The van der Waals surface area contributed by atoms with E-state index >= 15 is 0 Å². The standard InChI is InChI=1S/C19H16Cl2FN3O4S/c20-14-9-12-13(10-15(14)21)19(27)25(18(12)26)11-23-5-7-24(8-6-23)30(28,29)17-4-2-1-3-16(17)22/h1-4,9-10H,5-8,11H2. The van der Waals surface area contributed by atoms with Crippen LogP contribution >= 0.6 is 23.2 Å². The van der Waals surface area contributed by atoms with Gasteiger partial charge in [0, 0.05) is 26.2 Å². The van der Waals surface area contributed by atoms with Crippen LogP contribution in [0.3, 0.4) is 0 Å². The number of imide groups is 1. The first-order valence-electron chi connectivity index (χ1n) is 9.02. The summed E-state index contributed by atoms with van der Waals surface area (Å²) in [5.74, 6) is -1.76. The fraction of sp³-hybridized carbons (Fsp3) is 0.263. The zero-order valence-electron chi connectivity index (χ0n) is 15.5. The van der Waals surface area contributed by atoms with Crippen LogP contribution in [-0.2, 0) is 10.0 Å². The Morgan fingerprint density at radius 2 is 1.43 bits per heavy atom. The first-order valence-corrected chi connectivity index (χ1v) is 11.2. The van der Waals surface area contributed by atoms with Gasteiger partial charge in [-0.25, -0.2) is 12.8 Å². The van der Waals surface area contributed by atoms with Crippen molar-refractivity contribution in [2.45, 2.75) is 4.90 Å². The molecular formula is C19H16Cl2FN3O4S. The van der Waals surface area contributed by atoms with E-state index in [9.17, 15) is 22.4 Å². The second kappa shape index (κ2) is 7.90. The van der Waals surface area contributed by atoms with E-state index in [2.05, 4.69) is 0 Å². The number of benzene rings is 2. The van der Waals surface area contributed by atoms with Gasteiger partial charge in [-0.2, -0.15) is 4.31 Å². The minimum Gasteiger partial charge on any atom is -0.283 e. The summed E-state index contributed by atoms with van der Waals surface area (Å²) in [6.07, 6.45) is 0. The minimum atomic E-state index is -3.96. The van der Waals surface area contributed by atoms with E-state index in [0.717, 1.165) is 11.0 Å². The Morgan fingerprint density at radius 1 is 0.900 bits per heavy atom. The smallest absolute Gasteiger partial charge is 0.262 e. The van der Waals surface area contributed by atoms with Crippen molar-refractivity contribution in [1.82, 2.24) is 14.1 Å². The first-order chi connectivity index (χ1) is 14.2. The molecule has 0 unspecified atom stereocenters. The summed E-state index contributed by atoms with van der Waals surface area (Å²) in [6, 6.07) is 7.97. The van der Waals surface area contributed by atoms with Gasteiger partial charge in [-0.05, 0) is 24.3 Å². The molecule has 2 aliphatic heterocycles. The van der Waals surface area contributed by atoms with Crippen LogP contribution < -0.4 is 0 Å². The lowest BCUT2D eigenvalue weighted by Crippen LogP contribution is -2.52. The molecule has 4 rings (SSSR count). The zero-order chi connectivity index (χ0) is 21.6. The summed E-state index contributed by atoms with van der Waals surface area (Å²) in [5, 5.41) is 0.371. The summed E-state index contributed by atoms with van der Waals surface area (Å²) >= 11 is 11.9. The first kappa shape index (κ1) is 21.2. The second-order valence-electron chi connectivity index (χ2n) is 6.94. The molecule has 0 radical (unpaired) electrons. The minimum absolute atomic E-state index is 0.00910. The van der Waals surface area contributed by atoms with Gasteiger partial charge in [-0.1, -0.05) is 35.3 Å². The molecular weight excluding hydrogens is 456 g/mol. The lowest BCUT2D eigenvalue weighted by atomic mass is 10.1. The van der Waals surface area contributed by atoms with Gasteiger partial charge in [0.1, 0.15) is 10.7 Å². The van der Waals surface area contributed by atoms with Crippen LogP contribution in [0.1, 0.15) is 20.7 Å². The highest BCUT2D eigenvalue weighted by atomic mass is 35.5. The van der Waals surface area contributed by atoms with E-state index in [1.54, 1.807) is 4.90 Å². The van der Waals surface area contributed by atoms with Gasteiger partial charge in [0.15, 0.2) is 0 Å². The average Bonchev–Trinajstić information content (AvgIpc) is 2.93. The molecule has 1 saturated heterocycles. The molecule has 2 aromatic carbocycles. The number of halogens is 3. The fourth-order valence-electron chi connectivity index (χ4n) is 3.52. The maximum absolute atomic E-state index is 13.9. The quantitative estimate of drug-likeness (QED) is 0.640. The van der Waals surface area contributed by atoms with E-state index < -0.39 is 27.7 Å². The highest BCUT2D eigenvalue weighted by Gasteiger charge is 2.38. The molecule has 0 aromatic heterocycles. The van der Waals surface area contributed by atoms with Crippen molar-refractivity contribution in [3.63, 3.8) is 0 Å². The Bertz CT molecular complexity index is 1110. The molecule has 0 spiro atoms. The molecule has 7 nitrogen and oxygen atoms in total. The van der Waals surface area contributed by atoms with E-state index in [-0.39, 0.29) is 58.9 Å². The second-order valence-corrected chi connectivity index (χ2v) is 9.66. The molecule has 2 heterocycles. The van der Waals surface area contributed by atoms with Crippen LogP contribution in [0.4, 0.5) is 4.39 Å². The number of hydrogen-bond donors (Lipinski definition) is 0. The molecule has 30 heavy (non-hydrogen) atoms. The van der Waals surface area contributed by atoms with E-state index in [4.69, 9.17) is 23.2 Å². The maximum atomic E-state index is 13.9. The maximum Gasteiger partial charge on any atom is 0.262 e. The fourth-order valence-corrected chi connectivity index (χ4v) is 5.33. The number of nitrogens with zero attached hydrogens (tertiary/aromatic N) is 3. The highest BCUT2D eigenvalue weighted by molar-refractivity contribution is 7.89. The van der Waals surface area contributed by atoms with Crippen molar-refractivity contribution in [1.29, 1.82) is 0 Å². The molecule has 0 atom stereocenters. The third kappa shape index (κ3) is 3.61. The third-order valence-electron chi connectivity index (χ3n) is 5.14. The van der Waals surface area contributed by atoms with Crippen molar-refractivity contribution in [2.24, 2.45) is 0 Å². The largest absolute Gasteiger partial charge is 0.283 e. The van der Waals surface area contributed by atoms with Crippen LogP contribution in [0.5, 0.6) is 0 Å². The molecule has 0 saturated carbocycles. The summed E-state index contributed by atoms with van der Waals surface area (Å²) < 4.78 is 40.5. The number of piperazine rings is 1. The molecule has 2 amide bonds. The highest BCUT2D eigenvalue weighted by Crippen LogP contribution is 2.31. The Labute approximate surface area is 182 Å². The summed E-state index contributed by atoms with van der Waals surface area (Å²) in [5.41, 5.74) is 0.380. The van der Waals surface area contributed by atoms with Gasteiger partial charge >= 0.3 is 0 Å². The number of sulfonamides is 1. The monoisotopic (exact) mass is 471 g/mol. The van der Waals surface area contributed by atoms with Gasteiger partial charge < -0.3 is 0 Å². The van der Waals surface area contributed by atoms with Crippen molar-refractivity contribution in [2.75, 3.05) is 32.8 Å². The molecule has 11 heteroatoms. The molecule has 2 aromatic rings. The molecule has 0 N–H and O–H groups in total. The number of carbonyl (C=O) groups excluding carboxylic acids is 2. The number of hydrogen-bond acceptors (Lipinski definition) is 5. The van der Waals surface area contributed by atoms with Crippen LogP contribution in [-0.4, -0.2) is 67.2 Å². The lowest BCUT2D eigenvalue weighted by Gasteiger charge is -2.35. The number of rotatable bonds is 4. The normalized spacial score (nSPS) is 18.2. The van der Waals surface area contributed by atoms with Gasteiger partial charge in [-0.15, -0.1) is 0 Å². The van der Waals surface area contributed by atoms with Crippen molar-refractivity contribution < 1.29 is 22.4 Å². The summed E-state index contributed by atoms with van der Waals surface area (Å²) in [4.78, 5) is 27.7. The molecule has 1 fully saturated rings. The topological polar surface area (TPSA) is 78.0 Å². The Morgan fingerprint density at radius 3 is 1.97 bits per heavy atom. The van der Waals surface area contributed by atoms with Gasteiger partial charge in [-0.3, -0.25) is 19.4 Å². The summed E-state index contributed by atoms with van der Waals surface area (Å²) in [6.45, 7) is 0.787. The SMILES string of the molecule is O=C1c2cc(Cl)c(Cl)cc2C(=O)N1CN1CCN(S(=O)(=O)c2ccccc2F)CC1. The van der Waals surface area contributed by atoms with Gasteiger partial charge in [0.05, 0.1) is 27.8 Å². The summed E-state index contributed by atoms with van der Waals surface area (Å²) in [7, 11) is -3.96. The zero-order valence-corrected chi connectivity index (χ0v) is 17.8. The number of amides is 2. The van der Waals surface area contributed by atoms with Crippen LogP contribution in [0.25, 0.3) is 0 Å². The van der Waals surface area contributed by atoms with Crippen LogP contribution in [0, 0.1) is 5.82 Å². The Kier molecular flexibility index (Phi) is 5.58. The molecule has 0 bridgehead atoms. The predicted octanol–water partition coefficient (Wildman–Crippen LogP) is 2.69. The van der Waals surface area contributed by atoms with E-state index in [0.29, 0.717) is 0 Å². The number of carbonyl (C=O) groups is 2. The average molecular weight is 472 g/mol. The van der Waals surface area contributed by atoms with Gasteiger partial charge in [0.2, 0.25) is 10.0 Å².